The van der Waals surface area contributed by atoms with Crippen molar-refractivity contribution in [3.63, 3.8) is 0 Å². The van der Waals surface area contributed by atoms with E-state index in [1.807, 2.05) is 31.0 Å². The van der Waals surface area contributed by atoms with E-state index in [1.165, 1.54) is 5.56 Å². The number of aliphatic hydroxyl groups is 1. The van der Waals surface area contributed by atoms with E-state index < -0.39 is 5.60 Å². The second-order valence-electron chi connectivity index (χ2n) is 7.31. The highest BCUT2D eigenvalue weighted by Crippen LogP contribution is 2.35. The van der Waals surface area contributed by atoms with Crippen LogP contribution in [0.5, 0.6) is 0 Å². The zero-order valence-corrected chi connectivity index (χ0v) is 14.6. The van der Waals surface area contributed by atoms with Crippen molar-refractivity contribution >= 4 is 5.82 Å². The fourth-order valence-corrected chi connectivity index (χ4v) is 3.71. The minimum atomic E-state index is -1.06. The second kappa shape index (κ2) is 5.81. The molecule has 130 valence electrons. The van der Waals surface area contributed by atoms with E-state index in [1.54, 1.807) is 4.68 Å². The van der Waals surface area contributed by atoms with Crippen LogP contribution in [0.4, 0.5) is 5.82 Å². The van der Waals surface area contributed by atoms with Crippen LogP contribution < -0.4 is 4.90 Å². The highest BCUT2D eigenvalue weighted by molar-refractivity contribution is 5.58. The molecule has 1 fully saturated rings. The Kier molecular flexibility index (Phi) is 3.73. The van der Waals surface area contributed by atoms with Gasteiger partial charge in [-0.2, -0.15) is 5.26 Å². The van der Waals surface area contributed by atoms with Crippen LogP contribution in [-0.2, 0) is 18.4 Å². The predicted molar refractivity (Wildman–Crippen MR) is 92.1 cm³/mol. The van der Waals surface area contributed by atoms with Crippen LogP contribution in [0, 0.1) is 11.3 Å². The van der Waals surface area contributed by atoms with Gasteiger partial charge in [0.1, 0.15) is 23.2 Å². The summed E-state index contributed by atoms with van der Waals surface area (Å²) in [6.07, 6.45) is 5.43. The van der Waals surface area contributed by atoms with E-state index in [4.69, 9.17) is 4.98 Å². The molecular weight excluding hydrogens is 316 g/mol. The van der Waals surface area contributed by atoms with Crippen molar-refractivity contribution in [1.82, 2.24) is 20.0 Å². The number of aryl methyl sites for hydroxylation is 2. The van der Waals surface area contributed by atoms with Crippen molar-refractivity contribution in [2.75, 3.05) is 18.0 Å². The Balaban J connectivity index is 1.63. The van der Waals surface area contributed by atoms with Gasteiger partial charge in [-0.25, -0.2) is 9.67 Å². The maximum absolute atomic E-state index is 11.1. The molecule has 1 unspecified atom stereocenters. The second-order valence-corrected chi connectivity index (χ2v) is 7.31. The molecule has 0 aromatic carbocycles. The molecule has 0 saturated carbocycles. The molecule has 0 bridgehead atoms. The molecule has 1 aliphatic carbocycles. The van der Waals surface area contributed by atoms with Gasteiger partial charge >= 0.3 is 0 Å². The molecular formula is C18H22N6O. The SMILES string of the molecule is CC(C)n1cc(C2(O)CCN(c3nc4c(cc3C#N)CCC4)C2)nn1. The van der Waals surface area contributed by atoms with Crippen LogP contribution >= 0.6 is 0 Å². The third kappa shape index (κ3) is 2.67. The molecule has 0 spiro atoms. The number of nitrogens with zero attached hydrogens (tertiary/aromatic N) is 6. The van der Waals surface area contributed by atoms with E-state index in [0.717, 1.165) is 25.0 Å². The fraction of sp³-hybridized carbons (Fsp3) is 0.556. The maximum atomic E-state index is 11.1. The summed E-state index contributed by atoms with van der Waals surface area (Å²) < 4.78 is 1.75. The first-order valence-corrected chi connectivity index (χ1v) is 8.83. The average molecular weight is 338 g/mol. The lowest BCUT2D eigenvalue weighted by molar-refractivity contribution is 0.0559. The van der Waals surface area contributed by atoms with Gasteiger partial charge in [0.25, 0.3) is 0 Å². The predicted octanol–water partition coefficient (Wildman–Crippen LogP) is 1.71. The summed E-state index contributed by atoms with van der Waals surface area (Å²) in [5, 5.41) is 28.9. The molecule has 1 atom stereocenters. The molecule has 2 aliphatic rings. The lowest BCUT2D eigenvalue weighted by Gasteiger charge is -2.23. The Bertz CT molecular complexity index is 852. The largest absolute Gasteiger partial charge is 0.381 e. The first-order chi connectivity index (χ1) is 12.0. The molecule has 0 amide bonds. The zero-order valence-electron chi connectivity index (χ0n) is 14.6. The first kappa shape index (κ1) is 16.0. The zero-order chi connectivity index (χ0) is 17.6. The lowest BCUT2D eigenvalue weighted by Crippen LogP contribution is -2.32. The molecule has 25 heavy (non-hydrogen) atoms. The molecule has 7 nitrogen and oxygen atoms in total. The molecule has 2 aromatic rings. The monoisotopic (exact) mass is 338 g/mol. The normalized spacial score (nSPS) is 22.4. The molecule has 1 N–H and O–H groups in total. The summed E-state index contributed by atoms with van der Waals surface area (Å²) in [5.74, 6) is 0.690. The highest BCUT2D eigenvalue weighted by Gasteiger charge is 2.41. The van der Waals surface area contributed by atoms with Crippen LogP contribution in [0.3, 0.4) is 0 Å². The summed E-state index contributed by atoms with van der Waals surface area (Å²) in [4.78, 5) is 6.76. The van der Waals surface area contributed by atoms with Gasteiger partial charge in [0.15, 0.2) is 0 Å². The molecule has 4 rings (SSSR count). The number of hydrogen-bond acceptors (Lipinski definition) is 6. The van der Waals surface area contributed by atoms with Gasteiger partial charge < -0.3 is 10.0 Å². The smallest absolute Gasteiger partial charge is 0.146 e. The van der Waals surface area contributed by atoms with Gasteiger partial charge in [-0.1, -0.05) is 5.21 Å². The third-order valence-corrected chi connectivity index (χ3v) is 5.21. The molecule has 7 heteroatoms. The summed E-state index contributed by atoms with van der Waals surface area (Å²) in [5.41, 5.74) is 2.41. The van der Waals surface area contributed by atoms with Crippen LogP contribution in [-0.4, -0.2) is 38.2 Å². The number of aromatic nitrogens is 4. The molecule has 3 heterocycles. The topological polar surface area (TPSA) is 90.9 Å². The summed E-state index contributed by atoms with van der Waals surface area (Å²) in [6.45, 7) is 5.07. The number of β-amino-alcohol motifs (C(OH)–C–C–N with tert-alkyl or cyclic N) is 1. The quantitative estimate of drug-likeness (QED) is 0.916. The van der Waals surface area contributed by atoms with Crippen molar-refractivity contribution in [3.05, 3.63) is 34.8 Å². The van der Waals surface area contributed by atoms with Gasteiger partial charge in [-0.3, -0.25) is 0 Å². The number of hydrogen-bond donors (Lipinski definition) is 1. The Morgan fingerprint density at radius 1 is 1.36 bits per heavy atom. The van der Waals surface area contributed by atoms with Gasteiger partial charge in [-0.15, -0.1) is 5.10 Å². The van der Waals surface area contributed by atoms with Crippen molar-refractivity contribution in [3.8, 4) is 6.07 Å². The van der Waals surface area contributed by atoms with Gasteiger partial charge in [0.05, 0.1) is 18.3 Å². The summed E-state index contributed by atoms with van der Waals surface area (Å²) >= 11 is 0. The van der Waals surface area contributed by atoms with E-state index in [9.17, 15) is 10.4 Å². The van der Waals surface area contributed by atoms with Crippen LogP contribution in [0.2, 0.25) is 0 Å². The Labute approximate surface area is 146 Å². The van der Waals surface area contributed by atoms with E-state index >= 15 is 0 Å². The molecule has 1 aliphatic heterocycles. The molecule has 2 aromatic heterocycles. The number of pyridine rings is 1. The fourth-order valence-electron chi connectivity index (χ4n) is 3.71. The molecule has 0 radical (unpaired) electrons. The Hall–Kier alpha value is -2.46. The van der Waals surface area contributed by atoms with E-state index in [-0.39, 0.29) is 6.04 Å². The van der Waals surface area contributed by atoms with Crippen LogP contribution in [0.15, 0.2) is 12.3 Å². The van der Waals surface area contributed by atoms with Gasteiger partial charge in [0, 0.05) is 24.7 Å². The van der Waals surface area contributed by atoms with Crippen LogP contribution in [0.25, 0.3) is 0 Å². The van der Waals surface area contributed by atoms with Crippen LogP contribution in [0.1, 0.15) is 55.2 Å². The lowest BCUT2D eigenvalue weighted by atomic mass is 10.00. The number of anilines is 1. The van der Waals surface area contributed by atoms with Gasteiger partial charge in [0.2, 0.25) is 0 Å². The third-order valence-electron chi connectivity index (χ3n) is 5.21. The number of nitriles is 1. The van der Waals surface area contributed by atoms with Gasteiger partial charge in [-0.05, 0) is 44.7 Å². The standard InChI is InChI=1S/C18H22N6O/c1-12(2)24-10-16(21-22-24)18(25)6-7-23(11-18)17-14(9-19)8-13-4-3-5-15(13)20-17/h8,10,12,25H,3-7,11H2,1-2H3. The number of rotatable bonds is 3. The Morgan fingerprint density at radius 3 is 2.92 bits per heavy atom. The first-order valence-electron chi connectivity index (χ1n) is 8.83. The van der Waals surface area contributed by atoms with Crippen molar-refractivity contribution in [2.45, 2.75) is 51.2 Å². The van der Waals surface area contributed by atoms with E-state index in [2.05, 4.69) is 16.4 Å². The number of fused-ring (bicyclic) bond motifs is 1. The minimum absolute atomic E-state index is 0.200. The average Bonchev–Trinajstić information content (AvgIpc) is 3.32. The van der Waals surface area contributed by atoms with Crippen molar-refractivity contribution in [2.24, 2.45) is 0 Å². The minimum Gasteiger partial charge on any atom is -0.381 e. The highest BCUT2D eigenvalue weighted by atomic mass is 16.3. The summed E-state index contributed by atoms with van der Waals surface area (Å²) in [7, 11) is 0. The Morgan fingerprint density at radius 2 is 2.20 bits per heavy atom. The summed E-state index contributed by atoms with van der Waals surface area (Å²) in [6, 6.07) is 4.44. The maximum Gasteiger partial charge on any atom is 0.146 e. The van der Waals surface area contributed by atoms with Crippen molar-refractivity contribution in [1.29, 1.82) is 5.26 Å². The van der Waals surface area contributed by atoms with Crippen molar-refractivity contribution < 1.29 is 5.11 Å². The van der Waals surface area contributed by atoms with E-state index in [0.29, 0.717) is 36.6 Å². The molecule has 1 saturated heterocycles.